The molecule has 1 aliphatic rings. The fraction of sp³-hybridized carbons (Fsp3) is 0.0400. The second-order valence-corrected chi connectivity index (χ2v) is 6.99. The summed E-state index contributed by atoms with van der Waals surface area (Å²) < 4.78 is 0. The third-order valence-corrected chi connectivity index (χ3v) is 5.27. The number of aromatic hydroxyl groups is 2. The van der Waals surface area contributed by atoms with Gasteiger partial charge in [0, 0.05) is 0 Å². The predicted octanol–water partition coefficient (Wildman–Crippen LogP) is 6.00. The Labute approximate surface area is 158 Å². The van der Waals surface area contributed by atoms with Gasteiger partial charge in [0.05, 0.1) is 0 Å². The zero-order valence-electron chi connectivity index (χ0n) is 14.7. The van der Waals surface area contributed by atoms with E-state index < -0.39 is 0 Å². The number of rotatable bonds is 2. The summed E-state index contributed by atoms with van der Waals surface area (Å²) in [6.07, 6.45) is 0.919. The molecule has 0 heterocycles. The summed E-state index contributed by atoms with van der Waals surface area (Å²) in [6, 6.07) is 27.7. The highest BCUT2D eigenvalue weighted by molar-refractivity contribution is 5.93. The molecule has 0 aliphatic heterocycles. The lowest BCUT2D eigenvalue weighted by atomic mass is 9.90. The van der Waals surface area contributed by atoms with Crippen molar-refractivity contribution in [2.45, 2.75) is 6.42 Å². The number of phenolic OH excluding ortho intramolecular Hbond substituents is 2. The molecule has 0 aromatic heterocycles. The lowest BCUT2D eigenvalue weighted by molar-refractivity contribution is 0.475. The molecule has 1 aliphatic carbocycles. The summed E-state index contributed by atoms with van der Waals surface area (Å²) in [5, 5.41) is 19.3. The molecule has 0 unspecified atom stereocenters. The highest BCUT2D eigenvalue weighted by Crippen LogP contribution is 2.45. The Bertz CT molecular complexity index is 1140. The molecular formula is C25H18O2. The summed E-state index contributed by atoms with van der Waals surface area (Å²) in [7, 11) is 0. The molecule has 130 valence electrons. The number of hydrogen-bond donors (Lipinski definition) is 2. The lowest BCUT2D eigenvalue weighted by Crippen LogP contribution is -1.89. The summed E-state index contributed by atoms with van der Waals surface area (Å²) >= 11 is 0. The van der Waals surface area contributed by atoms with Crippen LogP contribution in [0.5, 0.6) is 11.5 Å². The Hall–Kier alpha value is -3.52. The van der Waals surface area contributed by atoms with Gasteiger partial charge in [-0.3, -0.25) is 0 Å². The minimum atomic E-state index is 0.269. The van der Waals surface area contributed by atoms with E-state index in [0.29, 0.717) is 0 Å². The van der Waals surface area contributed by atoms with E-state index in [2.05, 4.69) is 36.4 Å². The van der Waals surface area contributed by atoms with Crippen molar-refractivity contribution in [2.75, 3.05) is 0 Å². The van der Waals surface area contributed by atoms with Crippen molar-refractivity contribution < 1.29 is 10.2 Å². The first-order chi connectivity index (χ1) is 13.2. The average Bonchev–Trinajstić information content (AvgIpc) is 3.07. The Balaban J connectivity index is 1.76. The maximum absolute atomic E-state index is 9.69. The maximum Gasteiger partial charge on any atom is 0.115 e. The predicted molar refractivity (Wildman–Crippen MR) is 109 cm³/mol. The van der Waals surface area contributed by atoms with E-state index in [1.807, 2.05) is 24.3 Å². The highest BCUT2D eigenvalue weighted by Gasteiger charge is 2.23. The van der Waals surface area contributed by atoms with Gasteiger partial charge in [-0.25, -0.2) is 0 Å². The monoisotopic (exact) mass is 350 g/mol. The van der Waals surface area contributed by atoms with Crippen LogP contribution >= 0.6 is 0 Å². The number of phenols is 2. The molecule has 5 rings (SSSR count). The van der Waals surface area contributed by atoms with Gasteiger partial charge in [-0.2, -0.15) is 0 Å². The molecule has 0 amide bonds. The molecule has 27 heavy (non-hydrogen) atoms. The second-order valence-electron chi connectivity index (χ2n) is 6.99. The molecule has 0 bridgehead atoms. The van der Waals surface area contributed by atoms with Crippen molar-refractivity contribution in [3.63, 3.8) is 0 Å². The molecule has 2 N–H and O–H groups in total. The Morgan fingerprint density at radius 3 is 1.85 bits per heavy atom. The molecule has 0 saturated carbocycles. The van der Waals surface area contributed by atoms with Crippen LogP contribution in [-0.4, -0.2) is 10.2 Å². The van der Waals surface area contributed by atoms with E-state index >= 15 is 0 Å². The van der Waals surface area contributed by atoms with Crippen LogP contribution in [0.25, 0.3) is 33.4 Å². The molecule has 4 aromatic carbocycles. The third kappa shape index (κ3) is 2.67. The van der Waals surface area contributed by atoms with Crippen molar-refractivity contribution in [2.24, 2.45) is 0 Å². The zero-order chi connectivity index (χ0) is 18.4. The van der Waals surface area contributed by atoms with Gasteiger partial charge in [0.25, 0.3) is 0 Å². The summed E-state index contributed by atoms with van der Waals surface area (Å²) in [6.45, 7) is 0. The standard InChI is InChI=1S/C25H18O2/c26-21-9-5-16(6-10-21)19-14-20-13-18-3-1-2-4-23(18)25(20)24(15-19)17-7-11-22(27)12-8-17/h1-12,14-15,26-27H,13H2. The van der Waals surface area contributed by atoms with Gasteiger partial charge in [-0.1, -0.05) is 54.6 Å². The van der Waals surface area contributed by atoms with Gasteiger partial charge in [-0.05, 0) is 81.3 Å². The molecule has 0 saturated heterocycles. The maximum atomic E-state index is 9.69. The first-order valence-corrected chi connectivity index (χ1v) is 9.03. The number of benzene rings is 4. The second kappa shape index (κ2) is 6.03. The molecule has 2 heteroatoms. The fourth-order valence-corrected chi connectivity index (χ4v) is 3.97. The molecule has 4 aromatic rings. The SMILES string of the molecule is Oc1ccc(-c2cc3c(c(-c4ccc(O)cc4)c2)-c2ccccc2C3)cc1. The normalized spacial score (nSPS) is 11.9. The topological polar surface area (TPSA) is 40.5 Å². The van der Waals surface area contributed by atoms with Gasteiger partial charge in [0.2, 0.25) is 0 Å². The van der Waals surface area contributed by atoms with E-state index in [-0.39, 0.29) is 11.5 Å². The number of fused-ring (bicyclic) bond motifs is 3. The Morgan fingerprint density at radius 2 is 1.15 bits per heavy atom. The van der Waals surface area contributed by atoms with E-state index in [1.54, 1.807) is 24.3 Å². The molecule has 0 atom stereocenters. The first-order valence-electron chi connectivity index (χ1n) is 9.03. The quantitative estimate of drug-likeness (QED) is 0.410. The van der Waals surface area contributed by atoms with Crippen molar-refractivity contribution in [3.8, 4) is 44.9 Å². The van der Waals surface area contributed by atoms with Gasteiger partial charge < -0.3 is 10.2 Å². The zero-order valence-corrected chi connectivity index (χ0v) is 14.7. The van der Waals surface area contributed by atoms with E-state index in [0.717, 1.165) is 23.1 Å². The summed E-state index contributed by atoms with van der Waals surface area (Å²) in [5.41, 5.74) is 9.67. The van der Waals surface area contributed by atoms with Crippen molar-refractivity contribution in [1.29, 1.82) is 0 Å². The van der Waals surface area contributed by atoms with Crippen LogP contribution in [0.3, 0.4) is 0 Å². The van der Waals surface area contributed by atoms with Gasteiger partial charge >= 0.3 is 0 Å². The lowest BCUT2D eigenvalue weighted by Gasteiger charge is -2.14. The fourth-order valence-electron chi connectivity index (χ4n) is 3.97. The minimum Gasteiger partial charge on any atom is -0.508 e. The van der Waals surface area contributed by atoms with Crippen LogP contribution in [0.15, 0.2) is 84.9 Å². The Morgan fingerprint density at radius 1 is 0.519 bits per heavy atom. The van der Waals surface area contributed by atoms with Gasteiger partial charge in [-0.15, -0.1) is 0 Å². The van der Waals surface area contributed by atoms with Crippen LogP contribution in [0.2, 0.25) is 0 Å². The molecule has 0 spiro atoms. The highest BCUT2D eigenvalue weighted by atomic mass is 16.3. The Kier molecular flexibility index (Phi) is 3.51. The van der Waals surface area contributed by atoms with Crippen LogP contribution in [-0.2, 0) is 6.42 Å². The smallest absolute Gasteiger partial charge is 0.115 e. The van der Waals surface area contributed by atoms with Crippen molar-refractivity contribution in [3.05, 3.63) is 96.1 Å². The largest absolute Gasteiger partial charge is 0.508 e. The summed E-state index contributed by atoms with van der Waals surface area (Å²) in [5.74, 6) is 0.538. The van der Waals surface area contributed by atoms with E-state index in [1.165, 1.54) is 27.8 Å². The van der Waals surface area contributed by atoms with E-state index in [4.69, 9.17) is 0 Å². The van der Waals surface area contributed by atoms with E-state index in [9.17, 15) is 10.2 Å². The van der Waals surface area contributed by atoms with Crippen molar-refractivity contribution in [1.82, 2.24) is 0 Å². The first kappa shape index (κ1) is 15.7. The number of hydrogen-bond acceptors (Lipinski definition) is 2. The van der Waals surface area contributed by atoms with Crippen LogP contribution in [0.1, 0.15) is 11.1 Å². The third-order valence-electron chi connectivity index (χ3n) is 5.27. The molecule has 2 nitrogen and oxygen atoms in total. The summed E-state index contributed by atoms with van der Waals surface area (Å²) in [4.78, 5) is 0. The average molecular weight is 350 g/mol. The molecular weight excluding hydrogens is 332 g/mol. The van der Waals surface area contributed by atoms with Gasteiger partial charge in [0.15, 0.2) is 0 Å². The minimum absolute atomic E-state index is 0.269. The molecule has 0 radical (unpaired) electrons. The molecule has 0 fully saturated rings. The van der Waals surface area contributed by atoms with Crippen molar-refractivity contribution >= 4 is 0 Å². The van der Waals surface area contributed by atoms with Crippen LogP contribution < -0.4 is 0 Å². The van der Waals surface area contributed by atoms with Crippen LogP contribution in [0, 0.1) is 0 Å². The van der Waals surface area contributed by atoms with Gasteiger partial charge in [0.1, 0.15) is 11.5 Å². The van der Waals surface area contributed by atoms with Crippen LogP contribution in [0.4, 0.5) is 0 Å².